The van der Waals surface area contributed by atoms with Crippen molar-refractivity contribution in [2.75, 3.05) is 6.54 Å². The van der Waals surface area contributed by atoms with E-state index < -0.39 is 0 Å². The van der Waals surface area contributed by atoms with Gasteiger partial charge in [-0.3, -0.25) is 4.79 Å². The molecule has 0 unspecified atom stereocenters. The van der Waals surface area contributed by atoms with Crippen LogP contribution in [0.4, 0.5) is 0 Å². The summed E-state index contributed by atoms with van der Waals surface area (Å²) in [5.74, 6) is 1.87. The molecule has 1 atom stereocenters. The molecule has 26 heavy (non-hydrogen) atoms. The van der Waals surface area contributed by atoms with E-state index in [1.807, 2.05) is 29.3 Å². The van der Waals surface area contributed by atoms with Crippen LogP contribution in [0.1, 0.15) is 49.0 Å². The van der Waals surface area contributed by atoms with E-state index in [1.54, 1.807) is 11.3 Å². The molecular weight excluding hydrogens is 352 g/mol. The number of hydrogen-bond acceptors (Lipinski definition) is 7. The molecule has 0 aromatic carbocycles. The van der Waals surface area contributed by atoms with Crippen LogP contribution in [0.3, 0.4) is 0 Å². The number of oxazole rings is 1. The molecule has 3 aromatic heterocycles. The SMILES string of the molecule is Cc1oc(-c2cccs2)nc1CC(=O)N1CCCCC[C@H]1c1ncon1. The molecule has 0 aliphatic carbocycles. The number of amides is 1. The minimum absolute atomic E-state index is 0.0239. The minimum atomic E-state index is -0.132. The van der Waals surface area contributed by atoms with Crippen LogP contribution in [0.25, 0.3) is 10.8 Å². The van der Waals surface area contributed by atoms with Crippen LogP contribution in [-0.4, -0.2) is 32.5 Å². The Labute approximate surface area is 155 Å². The highest BCUT2D eigenvalue weighted by atomic mass is 32.1. The second-order valence-corrected chi connectivity index (χ2v) is 7.37. The molecule has 3 aromatic rings. The first kappa shape index (κ1) is 17.0. The maximum Gasteiger partial charge on any atom is 0.236 e. The van der Waals surface area contributed by atoms with Crippen molar-refractivity contribution in [2.24, 2.45) is 0 Å². The number of rotatable bonds is 4. The largest absolute Gasteiger partial charge is 0.440 e. The summed E-state index contributed by atoms with van der Waals surface area (Å²) in [4.78, 5) is 24.6. The van der Waals surface area contributed by atoms with Crippen LogP contribution >= 0.6 is 11.3 Å². The average molecular weight is 372 g/mol. The molecular formula is C18H20N4O3S. The number of aryl methyl sites for hydroxylation is 1. The molecule has 7 nitrogen and oxygen atoms in total. The molecule has 0 bridgehead atoms. The highest BCUT2D eigenvalue weighted by molar-refractivity contribution is 7.13. The normalized spacial score (nSPS) is 18.0. The fourth-order valence-corrected chi connectivity index (χ4v) is 3.99. The lowest BCUT2D eigenvalue weighted by molar-refractivity contribution is -0.133. The van der Waals surface area contributed by atoms with Gasteiger partial charge < -0.3 is 13.8 Å². The Bertz CT molecular complexity index is 857. The Kier molecular flexibility index (Phi) is 4.83. The number of carbonyl (C=O) groups is 1. The minimum Gasteiger partial charge on any atom is -0.440 e. The molecule has 8 heteroatoms. The quantitative estimate of drug-likeness (QED) is 0.693. The van der Waals surface area contributed by atoms with Gasteiger partial charge in [0.05, 0.1) is 23.0 Å². The van der Waals surface area contributed by atoms with Crippen molar-refractivity contribution in [3.05, 3.63) is 41.2 Å². The third-order valence-corrected chi connectivity index (χ3v) is 5.55. The predicted molar refractivity (Wildman–Crippen MR) is 95.5 cm³/mol. The van der Waals surface area contributed by atoms with E-state index in [0.717, 1.165) is 30.6 Å². The van der Waals surface area contributed by atoms with Gasteiger partial charge in [0.2, 0.25) is 18.2 Å². The van der Waals surface area contributed by atoms with Crippen molar-refractivity contribution in [3.8, 4) is 10.8 Å². The molecule has 1 aliphatic heterocycles. The summed E-state index contributed by atoms with van der Waals surface area (Å²) in [6.45, 7) is 2.55. The van der Waals surface area contributed by atoms with Gasteiger partial charge in [0, 0.05) is 6.54 Å². The van der Waals surface area contributed by atoms with E-state index >= 15 is 0 Å². The number of hydrogen-bond donors (Lipinski definition) is 0. The fraction of sp³-hybridized carbons (Fsp3) is 0.444. The standard InChI is InChI=1S/C18H20N4O3S/c1-12-13(20-18(25-12)15-7-5-9-26-15)10-16(23)22-8-4-2-3-6-14(22)17-19-11-24-21-17/h5,7,9,11,14H,2-4,6,8,10H2,1H3/t14-/m0/s1. The Hall–Kier alpha value is -2.48. The molecule has 1 saturated heterocycles. The van der Waals surface area contributed by atoms with Crippen molar-refractivity contribution in [1.82, 2.24) is 20.0 Å². The van der Waals surface area contributed by atoms with Gasteiger partial charge in [-0.1, -0.05) is 24.1 Å². The zero-order valence-electron chi connectivity index (χ0n) is 14.6. The van der Waals surface area contributed by atoms with Gasteiger partial charge in [-0.25, -0.2) is 4.98 Å². The van der Waals surface area contributed by atoms with Crippen LogP contribution in [0.2, 0.25) is 0 Å². The van der Waals surface area contributed by atoms with Crippen LogP contribution in [0.5, 0.6) is 0 Å². The van der Waals surface area contributed by atoms with E-state index in [4.69, 9.17) is 8.94 Å². The summed E-state index contributed by atoms with van der Waals surface area (Å²) in [7, 11) is 0. The van der Waals surface area contributed by atoms with Gasteiger partial charge in [0.1, 0.15) is 5.76 Å². The summed E-state index contributed by atoms with van der Waals surface area (Å²) >= 11 is 1.57. The zero-order chi connectivity index (χ0) is 17.9. The van der Waals surface area contributed by atoms with E-state index in [2.05, 4.69) is 15.1 Å². The molecule has 136 valence electrons. The summed E-state index contributed by atoms with van der Waals surface area (Å²) in [5.41, 5.74) is 0.689. The number of carbonyl (C=O) groups excluding carboxylic acids is 1. The molecule has 0 spiro atoms. The van der Waals surface area contributed by atoms with Crippen molar-refractivity contribution < 1.29 is 13.7 Å². The Morgan fingerprint density at radius 3 is 3.08 bits per heavy atom. The monoisotopic (exact) mass is 372 g/mol. The summed E-state index contributed by atoms with van der Waals surface area (Å²) < 4.78 is 10.7. The van der Waals surface area contributed by atoms with Gasteiger partial charge in [-0.2, -0.15) is 4.98 Å². The van der Waals surface area contributed by atoms with Crippen LogP contribution < -0.4 is 0 Å². The number of nitrogens with zero attached hydrogens (tertiary/aromatic N) is 4. The molecule has 1 amide bonds. The summed E-state index contributed by atoms with van der Waals surface area (Å²) in [5, 5.41) is 5.94. The third-order valence-electron chi connectivity index (χ3n) is 4.69. The average Bonchev–Trinajstić information content (AvgIpc) is 3.36. The van der Waals surface area contributed by atoms with E-state index in [9.17, 15) is 4.79 Å². The number of thiophene rings is 1. The summed E-state index contributed by atoms with van der Waals surface area (Å²) in [6.07, 6.45) is 5.52. The molecule has 0 N–H and O–H groups in total. The predicted octanol–water partition coefficient (Wildman–Crippen LogP) is 3.78. The van der Waals surface area contributed by atoms with Gasteiger partial charge >= 0.3 is 0 Å². The highest BCUT2D eigenvalue weighted by Crippen LogP contribution is 2.30. The first-order chi connectivity index (χ1) is 12.7. The third kappa shape index (κ3) is 3.41. The van der Waals surface area contributed by atoms with Crippen LogP contribution in [0.15, 0.2) is 32.8 Å². The van der Waals surface area contributed by atoms with Crippen molar-refractivity contribution in [2.45, 2.75) is 45.1 Å². The second kappa shape index (κ2) is 7.41. The first-order valence-electron chi connectivity index (χ1n) is 8.78. The van der Waals surface area contributed by atoms with Gasteiger partial charge in [0.15, 0.2) is 5.82 Å². The van der Waals surface area contributed by atoms with Crippen molar-refractivity contribution >= 4 is 17.2 Å². The molecule has 0 radical (unpaired) electrons. The lowest BCUT2D eigenvalue weighted by atomic mass is 10.1. The molecule has 1 fully saturated rings. The zero-order valence-corrected chi connectivity index (χ0v) is 15.4. The maximum absolute atomic E-state index is 13.0. The van der Waals surface area contributed by atoms with Crippen molar-refractivity contribution in [1.29, 1.82) is 0 Å². The Morgan fingerprint density at radius 1 is 1.38 bits per heavy atom. The number of aromatic nitrogens is 3. The molecule has 0 saturated carbocycles. The lowest BCUT2D eigenvalue weighted by Crippen LogP contribution is -2.36. The maximum atomic E-state index is 13.0. The molecule has 1 aliphatic rings. The smallest absolute Gasteiger partial charge is 0.236 e. The van der Waals surface area contributed by atoms with Gasteiger partial charge in [0.25, 0.3) is 0 Å². The Balaban J connectivity index is 1.54. The van der Waals surface area contributed by atoms with Crippen molar-refractivity contribution in [3.63, 3.8) is 0 Å². The first-order valence-corrected chi connectivity index (χ1v) is 9.66. The topological polar surface area (TPSA) is 85.3 Å². The van der Waals surface area contributed by atoms with E-state index in [-0.39, 0.29) is 18.4 Å². The van der Waals surface area contributed by atoms with Crippen LogP contribution in [-0.2, 0) is 11.2 Å². The van der Waals surface area contributed by atoms with E-state index in [0.29, 0.717) is 29.7 Å². The summed E-state index contributed by atoms with van der Waals surface area (Å²) in [6, 6.07) is 3.78. The lowest BCUT2D eigenvalue weighted by Gasteiger charge is -2.27. The van der Waals surface area contributed by atoms with Gasteiger partial charge in [-0.15, -0.1) is 11.3 Å². The molecule has 4 heterocycles. The second-order valence-electron chi connectivity index (χ2n) is 6.42. The molecule has 4 rings (SSSR count). The fourth-order valence-electron chi connectivity index (χ4n) is 3.34. The van der Waals surface area contributed by atoms with Crippen LogP contribution in [0, 0.1) is 6.92 Å². The Morgan fingerprint density at radius 2 is 2.31 bits per heavy atom. The van der Waals surface area contributed by atoms with Gasteiger partial charge in [-0.05, 0) is 31.2 Å². The number of likely N-dealkylation sites (tertiary alicyclic amines) is 1. The highest BCUT2D eigenvalue weighted by Gasteiger charge is 2.30. The van der Waals surface area contributed by atoms with E-state index in [1.165, 1.54) is 6.39 Å².